The molecule has 1 aromatic rings. The average Bonchev–Trinajstić information content (AvgIpc) is 3.11. The number of hydrogen-bond acceptors (Lipinski definition) is 5. The van der Waals surface area contributed by atoms with Gasteiger partial charge in [0.05, 0.1) is 12.6 Å². The van der Waals surface area contributed by atoms with Gasteiger partial charge in [-0.25, -0.2) is 9.87 Å². The van der Waals surface area contributed by atoms with Gasteiger partial charge in [0.25, 0.3) is 0 Å². The van der Waals surface area contributed by atoms with Gasteiger partial charge in [-0.2, -0.15) is 0 Å². The van der Waals surface area contributed by atoms with Gasteiger partial charge in [-0.05, 0) is 50.6 Å². The monoisotopic (exact) mass is 447 g/mol. The van der Waals surface area contributed by atoms with E-state index in [4.69, 9.17) is 21.8 Å². The van der Waals surface area contributed by atoms with Crippen molar-refractivity contribution < 1.29 is 9.23 Å². The highest BCUT2D eigenvalue weighted by Crippen LogP contribution is 2.27. The van der Waals surface area contributed by atoms with Crippen LogP contribution in [-0.4, -0.2) is 41.9 Å². The first-order valence-corrected chi connectivity index (χ1v) is 11.1. The molecule has 3 N–H and O–H groups in total. The third-order valence-electron chi connectivity index (χ3n) is 5.33. The van der Waals surface area contributed by atoms with Gasteiger partial charge in [0.1, 0.15) is 17.5 Å². The molecule has 1 fully saturated rings. The maximum Gasteiger partial charge on any atom is 0.149 e. The zero-order chi connectivity index (χ0) is 22.2. The van der Waals surface area contributed by atoms with Gasteiger partial charge in [-0.3, -0.25) is 10.2 Å². The number of rotatable bonds is 8. The summed E-state index contributed by atoms with van der Waals surface area (Å²) in [5.74, 6) is 0.491. The summed E-state index contributed by atoms with van der Waals surface area (Å²) in [6.07, 6.45) is 13.9. The molecule has 0 amide bonds. The van der Waals surface area contributed by atoms with Crippen molar-refractivity contribution in [3.8, 4) is 0 Å². The number of amidine groups is 1. The minimum absolute atomic E-state index is 0.00618. The number of allylic oxidation sites excluding steroid dienone is 3. The van der Waals surface area contributed by atoms with Gasteiger partial charge < -0.3 is 15.1 Å². The van der Waals surface area contributed by atoms with E-state index in [1.54, 1.807) is 6.07 Å². The summed E-state index contributed by atoms with van der Waals surface area (Å²) in [7, 11) is 1.95. The Labute approximate surface area is 188 Å². The molecule has 1 saturated heterocycles. The fraction of sp³-hybridized carbons (Fsp3) is 0.435. The second-order valence-corrected chi connectivity index (χ2v) is 8.15. The Balaban J connectivity index is 1.67. The zero-order valence-corrected chi connectivity index (χ0v) is 18.9. The third-order valence-corrected chi connectivity index (χ3v) is 5.67. The molecule has 168 valence electrons. The minimum Gasteiger partial charge on any atom is -0.336 e. The molecule has 0 aliphatic carbocycles. The predicted molar refractivity (Wildman–Crippen MR) is 123 cm³/mol. The van der Waals surface area contributed by atoms with E-state index in [2.05, 4.69) is 23.8 Å². The van der Waals surface area contributed by atoms with Crippen molar-refractivity contribution >= 4 is 17.4 Å². The van der Waals surface area contributed by atoms with Crippen molar-refractivity contribution in [2.24, 2.45) is 0 Å². The number of piperidine rings is 1. The number of nitrogens with one attached hydrogen (secondary N) is 3. The van der Waals surface area contributed by atoms with Gasteiger partial charge in [0, 0.05) is 35.6 Å². The number of hydroxylamine groups is 1. The molecule has 0 bridgehead atoms. The molecule has 6 nitrogen and oxygen atoms in total. The number of hydrogen-bond donors (Lipinski definition) is 3. The summed E-state index contributed by atoms with van der Waals surface area (Å²) in [6.45, 7) is 4.21. The summed E-state index contributed by atoms with van der Waals surface area (Å²) in [5.41, 5.74) is 3.39. The molecule has 0 radical (unpaired) electrons. The van der Waals surface area contributed by atoms with E-state index >= 15 is 0 Å². The van der Waals surface area contributed by atoms with Gasteiger partial charge in [0.2, 0.25) is 0 Å². The molecular formula is C23H31ClFN5O. The lowest BCUT2D eigenvalue weighted by atomic mass is 10.1. The van der Waals surface area contributed by atoms with Crippen LogP contribution in [0.2, 0.25) is 5.02 Å². The Morgan fingerprint density at radius 1 is 1.35 bits per heavy atom. The first-order chi connectivity index (χ1) is 15.0. The Kier molecular flexibility index (Phi) is 8.51. The summed E-state index contributed by atoms with van der Waals surface area (Å²) in [6, 6.07) is 2.94. The average molecular weight is 448 g/mol. The van der Waals surface area contributed by atoms with Crippen LogP contribution in [0.15, 0.2) is 48.6 Å². The molecule has 2 aliphatic heterocycles. The number of benzene rings is 1. The largest absolute Gasteiger partial charge is 0.336 e. The van der Waals surface area contributed by atoms with E-state index in [1.807, 2.05) is 41.4 Å². The predicted octanol–water partition coefficient (Wildman–Crippen LogP) is 4.49. The van der Waals surface area contributed by atoms with E-state index in [0.717, 1.165) is 44.6 Å². The molecule has 2 aliphatic rings. The van der Waals surface area contributed by atoms with Gasteiger partial charge in [-0.1, -0.05) is 37.1 Å². The van der Waals surface area contributed by atoms with Crippen molar-refractivity contribution in [2.75, 3.05) is 20.1 Å². The van der Waals surface area contributed by atoms with Crippen LogP contribution in [0, 0.1) is 11.2 Å². The minimum atomic E-state index is -0.445. The van der Waals surface area contributed by atoms with Gasteiger partial charge in [0.15, 0.2) is 0 Å². The Hall–Kier alpha value is -2.35. The molecule has 0 atom stereocenters. The smallest absolute Gasteiger partial charge is 0.149 e. The quantitative estimate of drug-likeness (QED) is 0.311. The normalized spacial score (nSPS) is 18.5. The van der Waals surface area contributed by atoms with Crippen molar-refractivity contribution in [1.82, 2.24) is 20.6 Å². The van der Waals surface area contributed by atoms with Crippen LogP contribution < -0.4 is 10.8 Å². The SMILES string of the molecule is CCC/C=C\C=C1/N(C)C=CN1Cc1c(F)cc(C(=N)NOC2CCNCC2)cc1Cl. The van der Waals surface area contributed by atoms with E-state index in [0.29, 0.717) is 17.7 Å². The molecule has 8 heteroatoms. The molecule has 0 aromatic heterocycles. The second-order valence-electron chi connectivity index (χ2n) is 7.74. The van der Waals surface area contributed by atoms with Crippen molar-refractivity contribution in [3.63, 3.8) is 0 Å². The van der Waals surface area contributed by atoms with Crippen LogP contribution in [0.4, 0.5) is 4.39 Å². The molecular weight excluding hydrogens is 417 g/mol. The summed E-state index contributed by atoms with van der Waals surface area (Å²) < 4.78 is 14.9. The van der Waals surface area contributed by atoms with Crippen molar-refractivity contribution in [1.29, 1.82) is 5.41 Å². The Morgan fingerprint density at radius 2 is 2.13 bits per heavy atom. The lowest BCUT2D eigenvalue weighted by molar-refractivity contribution is -0.00667. The van der Waals surface area contributed by atoms with Crippen molar-refractivity contribution in [3.05, 3.63) is 70.5 Å². The molecule has 31 heavy (non-hydrogen) atoms. The highest BCUT2D eigenvalue weighted by atomic mass is 35.5. The van der Waals surface area contributed by atoms with Crippen LogP contribution in [0.1, 0.15) is 43.7 Å². The fourth-order valence-electron chi connectivity index (χ4n) is 3.48. The van der Waals surface area contributed by atoms with Crippen LogP contribution in [0.3, 0.4) is 0 Å². The fourth-order valence-corrected chi connectivity index (χ4v) is 3.75. The van der Waals surface area contributed by atoms with E-state index in [9.17, 15) is 4.39 Å². The summed E-state index contributed by atoms with van der Waals surface area (Å²) in [4.78, 5) is 9.51. The zero-order valence-electron chi connectivity index (χ0n) is 18.1. The first-order valence-electron chi connectivity index (χ1n) is 10.7. The standard InChI is InChI=1S/C23H31ClFN5O/c1-3-4-5-6-7-22-29(2)12-13-30(22)16-19-20(24)14-17(15-21(19)25)23(26)28-31-18-8-10-27-11-9-18/h5-7,12-15,18,27H,3-4,8-11,16H2,1-2H3,(H2,26,28)/b6-5-,22-7+. The molecule has 3 rings (SSSR count). The highest BCUT2D eigenvalue weighted by Gasteiger charge is 2.21. The maximum atomic E-state index is 14.9. The summed E-state index contributed by atoms with van der Waals surface area (Å²) >= 11 is 6.42. The molecule has 2 heterocycles. The third kappa shape index (κ3) is 6.32. The Morgan fingerprint density at radius 3 is 2.84 bits per heavy atom. The molecule has 1 aromatic carbocycles. The van der Waals surface area contributed by atoms with Crippen LogP contribution in [-0.2, 0) is 11.4 Å². The lowest BCUT2D eigenvalue weighted by Gasteiger charge is -2.24. The topological polar surface area (TPSA) is 63.6 Å². The molecule has 0 saturated carbocycles. The van der Waals surface area contributed by atoms with Crippen molar-refractivity contribution in [2.45, 2.75) is 45.3 Å². The summed E-state index contributed by atoms with van der Waals surface area (Å²) in [5, 5.41) is 11.7. The van der Waals surface area contributed by atoms with E-state index in [1.165, 1.54) is 6.07 Å². The van der Waals surface area contributed by atoms with Crippen LogP contribution in [0.25, 0.3) is 0 Å². The first kappa shape index (κ1) is 23.3. The van der Waals surface area contributed by atoms with Gasteiger partial charge in [-0.15, -0.1) is 0 Å². The second kappa shape index (κ2) is 11.3. The van der Waals surface area contributed by atoms with Gasteiger partial charge >= 0.3 is 0 Å². The lowest BCUT2D eigenvalue weighted by Crippen LogP contribution is -2.37. The maximum absolute atomic E-state index is 14.9. The number of halogens is 2. The highest BCUT2D eigenvalue weighted by molar-refractivity contribution is 6.31. The molecule has 0 unspecified atom stereocenters. The molecule has 0 spiro atoms. The Bertz CT molecular complexity index is 841. The van der Waals surface area contributed by atoms with E-state index < -0.39 is 5.82 Å². The number of unbranched alkanes of at least 4 members (excludes halogenated alkanes) is 1. The van der Waals surface area contributed by atoms with Crippen LogP contribution >= 0.6 is 11.6 Å². The van der Waals surface area contributed by atoms with E-state index in [-0.39, 0.29) is 17.0 Å². The van der Waals surface area contributed by atoms with Crippen LogP contribution in [0.5, 0.6) is 0 Å². The number of nitrogens with zero attached hydrogens (tertiary/aromatic N) is 2.